The molecule has 1 aliphatic rings. The monoisotopic (exact) mass is 356 g/mol. The van der Waals surface area contributed by atoms with E-state index in [-0.39, 0.29) is 5.82 Å². The number of aryl methyl sites for hydroxylation is 1. The van der Waals surface area contributed by atoms with Gasteiger partial charge in [0.25, 0.3) is 0 Å². The maximum atomic E-state index is 13.3. The molecular weight excluding hydrogens is 335 g/mol. The Labute approximate surface area is 153 Å². The van der Waals surface area contributed by atoms with E-state index >= 15 is 0 Å². The van der Waals surface area contributed by atoms with Gasteiger partial charge in [0.1, 0.15) is 10.8 Å². The second-order valence-corrected chi connectivity index (χ2v) is 6.04. The van der Waals surface area contributed by atoms with Gasteiger partial charge < -0.3 is 10.6 Å². The minimum Gasteiger partial charge on any atom is -0.343 e. The van der Waals surface area contributed by atoms with E-state index in [4.69, 9.17) is 12.2 Å². The highest BCUT2D eigenvalue weighted by atomic mass is 32.1. The highest BCUT2D eigenvalue weighted by Gasteiger charge is 2.20. The van der Waals surface area contributed by atoms with Crippen molar-refractivity contribution in [3.8, 4) is 0 Å². The number of thiocarbonyl (C=S) groups is 1. The molecule has 3 nitrogen and oxygen atoms in total. The van der Waals surface area contributed by atoms with E-state index in [9.17, 15) is 9.18 Å². The summed E-state index contributed by atoms with van der Waals surface area (Å²) in [4.78, 5) is 12.0. The summed E-state index contributed by atoms with van der Waals surface area (Å²) in [6, 6.07) is 14.1. The quantitative estimate of drug-likeness (QED) is 0.502. The number of hydrogen-bond donors (Lipinski definition) is 2. The number of hydrogen-bond acceptors (Lipinski definition) is 3. The summed E-state index contributed by atoms with van der Waals surface area (Å²) in [5, 5.41) is 5.78. The van der Waals surface area contributed by atoms with E-state index in [0.29, 0.717) is 17.1 Å². The fraction of sp³-hybridized carbons (Fsp3) is 0.200. The molecule has 0 aromatic heterocycles. The van der Waals surface area contributed by atoms with Crippen molar-refractivity contribution in [2.24, 2.45) is 0 Å². The SMILES string of the molecule is CNC.O=C/C(NC(=S)c1ccccc1)=C1\CCc2cc(F)ccc21. The number of halogens is 1. The van der Waals surface area contributed by atoms with Gasteiger partial charge in [-0.25, -0.2) is 4.39 Å². The van der Waals surface area contributed by atoms with Crippen molar-refractivity contribution in [3.63, 3.8) is 0 Å². The number of fused-ring (bicyclic) bond motifs is 1. The van der Waals surface area contributed by atoms with Gasteiger partial charge >= 0.3 is 0 Å². The fourth-order valence-corrected chi connectivity index (χ4v) is 2.94. The van der Waals surface area contributed by atoms with Crippen molar-refractivity contribution in [2.75, 3.05) is 14.1 Å². The summed E-state index contributed by atoms with van der Waals surface area (Å²) in [6.45, 7) is 0. The summed E-state index contributed by atoms with van der Waals surface area (Å²) in [7, 11) is 3.75. The third-order valence-electron chi connectivity index (χ3n) is 3.76. The van der Waals surface area contributed by atoms with Gasteiger partial charge in [-0.2, -0.15) is 0 Å². The molecule has 0 unspecified atom stereocenters. The van der Waals surface area contributed by atoms with E-state index < -0.39 is 0 Å². The van der Waals surface area contributed by atoms with Crippen molar-refractivity contribution in [1.82, 2.24) is 10.6 Å². The van der Waals surface area contributed by atoms with Gasteiger partial charge in [0.05, 0.1) is 5.70 Å². The van der Waals surface area contributed by atoms with Crippen LogP contribution in [0.25, 0.3) is 5.57 Å². The van der Waals surface area contributed by atoms with Crippen LogP contribution in [0.3, 0.4) is 0 Å². The fourth-order valence-electron chi connectivity index (χ4n) is 2.70. The Morgan fingerprint density at radius 1 is 1.12 bits per heavy atom. The summed E-state index contributed by atoms with van der Waals surface area (Å²) in [6.07, 6.45) is 2.22. The maximum absolute atomic E-state index is 13.3. The van der Waals surface area contributed by atoms with Crippen LogP contribution < -0.4 is 10.6 Å². The summed E-state index contributed by atoms with van der Waals surface area (Å²) in [5.74, 6) is -0.250. The van der Waals surface area contributed by atoms with Crippen LogP contribution in [0.5, 0.6) is 0 Å². The molecule has 0 bridgehead atoms. The van der Waals surface area contributed by atoms with Crippen LogP contribution in [-0.2, 0) is 11.2 Å². The van der Waals surface area contributed by atoms with Crippen LogP contribution >= 0.6 is 12.2 Å². The molecule has 2 aromatic carbocycles. The Morgan fingerprint density at radius 2 is 1.80 bits per heavy atom. The van der Waals surface area contributed by atoms with Crippen LogP contribution in [0.2, 0.25) is 0 Å². The number of rotatable bonds is 3. The molecule has 2 aromatic rings. The number of aldehydes is 1. The highest BCUT2D eigenvalue weighted by Crippen LogP contribution is 2.34. The predicted octanol–water partition coefficient (Wildman–Crippen LogP) is 3.48. The number of nitrogens with one attached hydrogen (secondary N) is 2. The first-order chi connectivity index (χ1) is 12.1. The van der Waals surface area contributed by atoms with E-state index in [0.717, 1.165) is 35.0 Å². The number of allylic oxidation sites excluding steroid dienone is 2. The predicted molar refractivity (Wildman–Crippen MR) is 104 cm³/mol. The zero-order chi connectivity index (χ0) is 18.2. The zero-order valence-corrected chi connectivity index (χ0v) is 15.1. The summed E-state index contributed by atoms with van der Waals surface area (Å²) in [5.41, 5.74) is 4.06. The third-order valence-corrected chi connectivity index (χ3v) is 4.10. The Morgan fingerprint density at radius 3 is 2.44 bits per heavy atom. The van der Waals surface area contributed by atoms with Gasteiger partial charge in [0.15, 0.2) is 6.29 Å². The van der Waals surface area contributed by atoms with Gasteiger partial charge in [-0.3, -0.25) is 4.79 Å². The molecule has 1 aliphatic carbocycles. The lowest BCUT2D eigenvalue weighted by Crippen LogP contribution is -2.23. The lowest BCUT2D eigenvalue weighted by molar-refractivity contribution is -0.105. The van der Waals surface area contributed by atoms with Crippen molar-refractivity contribution < 1.29 is 9.18 Å². The Kier molecular flexibility index (Phi) is 6.98. The van der Waals surface area contributed by atoms with E-state index in [1.54, 1.807) is 6.07 Å². The maximum Gasteiger partial charge on any atom is 0.166 e. The van der Waals surface area contributed by atoms with Crippen LogP contribution in [0.1, 0.15) is 23.1 Å². The third kappa shape index (κ3) is 4.81. The molecule has 25 heavy (non-hydrogen) atoms. The van der Waals surface area contributed by atoms with E-state index in [1.807, 2.05) is 44.4 Å². The van der Waals surface area contributed by atoms with E-state index in [2.05, 4.69) is 10.6 Å². The molecule has 0 heterocycles. The molecule has 3 rings (SSSR count). The Hall–Kier alpha value is -2.37. The van der Waals surface area contributed by atoms with Gasteiger partial charge in [-0.05, 0) is 55.8 Å². The van der Waals surface area contributed by atoms with Gasteiger partial charge in [-0.15, -0.1) is 0 Å². The molecule has 130 valence electrons. The van der Waals surface area contributed by atoms with Crippen LogP contribution in [0.15, 0.2) is 54.2 Å². The Bertz CT molecular complexity index is 788. The highest BCUT2D eigenvalue weighted by molar-refractivity contribution is 7.80. The smallest absolute Gasteiger partial charge is 0.166 e. The normalized spacial score (nSPS) is 14.0. The molecule has 0 radical (unpaired) electrons. The first-order valence-electron chi connectivity index (χ1n) is 8.02. The first kappa shape index (κ1) is 19.0. The average Bonchev–Trinajstić information content (AvgIpc) is 3.03. The average molecular weight is 356 g/mol. The minimum absolute atomic E-state index is 0.250. The molecule has 0 fully saturated rings. The van der Waals surface area contributed by atoms with Gasteiger partial charge in [0, 0.05) is 5.56 Å². The van der Waals surface area contributed by atoms with Crippen molar-refractivity contribution in [2.45, 2.75) is 12.8 Å². The molecule has 5 heteroatoms. The first-order valence-corrected chi connectivity index (χ1v) is 8.43. The van der Waals surface area contributed by atoms with E-state index in [1.165, 1.54) is 12.1 Å². The zero-order valence-electron chi connectivity index (χ0n) is 14.3. The molecule has 0 aliphatic heterocycles. The van der Waals surface area contributed by atoms with Crippen molar-refractivity contribution in [3.05, 3.63) is 76.7 Å². The number of benzene rings is 2. The molecule has 0 saturated carbocycles. The van der Waals surface area contributed by atoms with Crippen LogP contribution in [0, 0.1) is 5.82 Å². The molecular formula is C20H21FN2OS. The van der Waals surface area contributed by atoms with Crippen LogP contribution in [-0.4, -0.2) is 25.4 Å². The lowest BCUT2D eigenvalue weighted by Gasteiger charge is -2.11. The van der Waals surface area contributed by atoms with Crippen molar-refractivity contribution >= 4 is 29.1 Å². The molecule has 0 amide bonds. The Balaban J connectivity index is 0.000000701. The van der Waals surface area contributed by atoms with Gasteiger partial charge in [-0.1, -0.05) is 48.6 Å². The summed E-state index contributed by atoms with van der Waals surface area (Å²) >= 11 is 5.35. The van der Waals surface area contributed by atoms with Crippen molar-refractivity contribution in [1.29, 1.82) is 0 Å². The minimum atomic E-state index is -0.250. The van der Waals surface area contributed by atoms with Crippen LogP contribution in [0.4, 0.5) is 4.39 Å². The lowest BCUT2D eigenvalue weighted by atomic mass is 10.1. The molecule has 0 atom stereocenters. The second kappa shape index (κ2) is 9.20. The number of carbonyl (C=O) groups excluding carboxylic acids is 1. The standard InChI is InChI=1S/C18H14FNOS.C2H7N/c19-14-7-9-15-13(10-14)6-8-16(15)17(11-21)20-18(22)12-4-2-1-3-5-12;1-3-2/h1-5,7,9-11H,6,8H2,(H,20,22);3H,1-2H3/b17-16-;. The largest absolute Gasteiger partial charge is 0.343 e. The topological polar surface area (TPSA) is 41.1 Å². The molecule has 0 saturated heterocycles. The van der Waals surface area contributed by atoms with Gasteiger partial charge in [0.2, 0.25) is 0 Å². The number of carbonyl (C=O) groups is 1. The second-order valence-electron chi connectivity index (χ2n) is 5.63. The molecule has 2 N–H and O–H groups in total. The summed E-state index contributed by atoms with van der Waals surface area (Å²) < 4.78 is 13.3. The molecule has 0 spiro atoms.